The minimum atomic E-state index is -4.70. The molecule has 0 saturated carbocycles. The third kappa shape index (κ3) is 16.8. The molecule has 66 heavy (non-hydrogen) atoms. The van der Waals surface area contributed by atoms with Gasteiger partial charge in [0.05, 0.1) is 17.0 Å². The zero-order valence-electron chi connectivity index (χ0n) is 35.5. The monoisotopic (exact) mass is 938 g/mol. The van der Waals surface area contributed by atoms with Gasteiger partial charge in [-0.2, -0.15) is 13.2 Å². The summed E-state index contributed by atoms with van der Waals surface area (Å²) in [4.78, 5) is 92.3. The van der Waals surface area contributed by atoms with Crippen molar-refractivity contribution in [3.8, 4) is 11.5 Å². The lowest BCUT2D eigenvalue weighted by Gasteiger charge is -2.20. The Kier molecular flexibility index (Phi) is 18.8. The Morgan fingerprint density at radius 2 is 1.52 bits per heavy atom. The van der Waals surface area contributed by atoms with Crippen molar-refractivity contribution in [3.05, 3.63) is 120 Å². The van der Waals surface area contributed by atoms with E-state index in [1.54, 1.807) is 19.1 Å². The summed E-state index contributed by atoms with van der Waals surface area (Å²) in [6.45, 7) is 5.04. The van der Waals surface area contributed by atoms with Crippen LogP contribution >= 0.6 is 11.6 Å². The van der Waals surface area contributed by atoms with Crippen molar-refractivity contribution >= 4 is 70.4 Å². The van der Waals surface area contributed by atoms with Crippen LogP contribution in [0.1, 0.15) is 47.8 Å². The molecule has 350 valence electrons. The Bertz CT molecular complexity index is 2390. The van der Waals surface area contributed by atoms with Crippen molar-refractivity contribution in [3.63, 3.8) is 0 Å². The first-order chi connectivity index (χ1) is 31.3. The first-order valence-corrected chi connectivity index (χ1v) is 20.3. The average Bonchev–Trinajstić information content (AvgIpc) is 3.27. The molecule has 0 fully saturated rings. The number of carbonyl (C=O) groups is 7. The number of likely N-dealkylation sites (N-methyl/N-ethyl adjacent to an activating group) is 1. The van der Waals surface area contributed by atoms with Crippen LogP contribution in [0.5, 0.6) is 11.5 Å². The number of amides is 7. The van der Waals surface area contributed by atoms with Crippen molar-refractivity contribution in [2.75, 3.05) is 42.7 Å². The van der Waals surface area contributed by atoms with Crippen LogP contribution in [0, 0.1) is 5.92 Å². The number of esters is 1. The number of hydrogen-bond donors (Lipinski definition) is 6. The van der Waals surface area contributed by atoms with E-state index in [1.807, 2.05) is 0 Å². The van der Waals surface area contributed by atoms with Gasteiger partial charge in [0.15, 0.2) is 0 Å². The van der Waals surface area contributed by atoms with Crippen molar-refractivity contribution in [2.24, 2.45) is 11.7 Å². The molecule has 0 aliphatic heterocycles. The number of primary amides is 1. The van der Waals surface area contributed by atoms with Gasteiger partial charge >= 0.3 is 24.3 Å². The summed E-state index contributed by atoms with van der Waals surface area (Å²) in [7, 11) is 1.47. The molecule has 2 atom stereocenters. The van der Waals surface area contributed by atoms with Gasteiger partial charge in [-0.15, -0.1) is 0 Å². The van der Waals surface area contributed by atoms with Gasteiger partial charge in [-0.1, -0.05) is 43.3 Å². The van der Waals surface area contributed by atoms with Crippen LogP contribution in [0.2, 0.25) is 5.02 Å². The Labute approximate surface area is 381 Å². The number of anilines is 3. The standard InChI is InChI=1S/C44H46ClF3N8O10/c1-4-21-64-38(58)16-5-26(2)39(59)55-36(24-37(49)57)41(61)52-28-8-6-27(7-9-28)25-65-43(63)56(3)20-19-51-40(60)35-23-32(17-18-50-35)66-31-13-10-29(11-14-31)53-42(62)54-30-12-15-34(45)33(22-30)44(46,47)48/h4,6-15,17-18,22-23,26,36H,1,5,16,19-21,24-25H2,2-3H3,(H2,49,57)(H,51,60)(H,52,61)(H,55,59)(H2,53,54,62). The third-order valence-corrected chi connectivity index (χ3v) is 9.43. The lowest BCUT2D eigenvalue weighted by atomic mass is 10.0. The van der Waals surface area contributed by atoms with E-state index >= 15 is 0 Å². The molecule has 4 rings (SSSR count). The molecule has 4 aromatic rings. The maximum Gasteiger partial charge on any atom is 0.417 e. The number of rotatable bonds is 21. The number of ether oxygens (including phenoxy) is 3. The maximum atomic E-state index is 13.2. The molecule has 1 heterocycles. The molecule has 0 radical (unpaired) electrons. The fourth-order valence-electron chi connectivity index (χ4n) is 5.56. The van der Waals surface area contributed by atoms with Gasteiger partial charge in [-0.3, -0.25) is 29.0 Å². The highest BCUT2D eigenvalue weighted by Gasteiger charge is 2.33. The van der Waals surface area contributed by atoms with Crippen LogP contribution in [0.15, 0.2) is 97.7 Å². The summed E-state index contributed by atoms with van der Waals surface area (Å²) in [6.07, 6.45) is -2.99. The Hall–Kier alpha value is -7.68. The molecule has 0 saturated heterocycles. The van der Waals surface area contributed by atoms with Crippen molar-refractivity contribution in [1.82, 2.24) is 20.5 Å². The second kappa shape index (κ2) is 24.4. The highest BCUT2D eigenvalue weighted by atomic mass is 35.5. The third-order valence-electron chi connectivity index (χ3n) is 9.10. The van der Waals surface area contributed by atoms with E-state index in [2.05, 4.69) is 38.1 Å². The quantitative estimate of drug-likeness (QED) is 0.0382. The summed E-state index contributed by atoms with van der Waals surface area (Å²) in [5, 5.41) is 12.1. The second-order valence-electron chi connectivity index (χ2n) is 14.3. The number of carbonyl (C=O) groups excluding carboxylic acids is 7. The SMILES string of the molecule is C=CCOC(=O)CCC(C)C(=O)NC(CC(N)=O)C(=O)Nc1ccc(COC(=O)N(C)CCNC(=O)c2cc(Oc3ccc(NC(=O)Nc4ccc(Cl)c(C(F)(F)F)c4)cc3)ccn2)cc1. The number of hydrogen-bond acceptors (Lipinski definition) is 11. The summed E-state index contributed by atoms with van der Waals surface area (Å²) in [5.41, 5.74) is 5.30. The molecule has 1 aromatic heterocycles. The summed E-state index contributed by atoms with van der Waals surface area (Å²) < 4.78 is 55.5. The summed E-state index contributed by atoms with van der Waals surface area (Å²) >= 11 is 5.63. The van der Waals surface area contributed by atoms with Crippen LogP contribution in [0.4, 0.5) is 39.8 Å². The van der Waals surface area contributed by atoms with Gasteiger partial charge in [-0.25, -0.2) is 9.59 Å². The van der Waals surface area contributed by atoms with Gasteiger partial charge in [0.25, 0.3) is 5.91 Å². The number of nitrogens with zero attached hydrogens (tertiary/aromatic N) is 2. The number of pyridine rings is 1. The predicted octanol–water partition coefficient (Wildman–Crippen LogP) is 6.63. The maximum absolute atomic E-state index is 13.2. The van der Waals surface area contributed by atoms with Crippen molar-refractivity contribution < 1.29 is 60.9 Å². The molecule has 7 amide bonds. The van der Waals surface area contributed by atoms with Gasteiger partial charge in [0.2, 0.25) is 17.7 Å². The van der Waals surface area contributed by atoms with Crippen LogP contribution < -0.4 is 37.1 Å². The zero-order chi connectivity index (χ0) is 48.4. The molecule has 0 spiro atoms. The lowest BCUT2D eigenvalue weighted by Crippen LogP contribution is -2.47. The van der Waals surface area contributed by atoms with E-state index in [1.165, 1.54) is 78.8 Å². The van der Waals surface area contributed by atoms with E-state index < -0.39 is 76.9 Å². The zero-order valence-corrected chi connectivity index (χ0v) is 36.3. The number of aromatic nitrogens is 1. The molecule has 3 aromatic carbocycles. The highest BCUT2D eigenvalue weighted by molar-refractivity contribution is 6.31. The molecule has 0 aliphatic rings. The van der Waals surface area contributed by atoms with Crippen LogP contribution in [-0.2, 0) is 41.4 Å². The summed E-state index contributed by atoms with van der Waals surface area (Å²) in [6, 6.07) is 16.0. The fourth-order valence-corrected chi connectivity index (χ4v) is 5.78. The Balaban J connectivity index is 1.18. The Morgan fingerprint density at radius 1 is 0.864 bits per heavy atom. The van der Waals surface area contributed by atoms with E-state index in [0.29, 0.717) is 22.7 Å². The molecule has 0 bridgehead atoms. The minimum absolute atomic E-state index is 0.0154. The number of alkyl halides is 3. The molecular formula is C44H46ClF3N8O10. The van der Waals surface area contributed by atoms with E-state index in [0.717, 1.165) is 12.1 Å². The molecule has 22 heteroatoms. The minimum Gasteiger partial charge on any atom is -0.461 e. The van der Waals surface area contributed by atoms with E-state index in [9.17, 15) is 46.7 Å². The van der Waals surface area contributed by atoms with Gasteiger partial charge < -0.3 is 51.4 Å². The number of nitrogens with one attached hydrogen (secondary N) is 5. The second-order valence-corrected chi connectivity index (χ2v) is 14.7. The molecule has 2 unspecified atom stereocenters. The number of halogens is 4. The van der Waals surface area contributed by atoms with Crippen LogP contribution in [0.3, 0.4) is 0 Å². The predicted molar refractivity (Wildman–Crippen MR) is 235 cm³/mol. The van der Waals surface area contributed by atoms with Crippen molar-refractivity contribution in [2.45, 2.75) is 45.0 Å². The van der Waals surface area contributed by atoms with Gasteiger partial charge in [0.1, 0.15) is 36.4 Å². The first kappa shape index (κ1) is 51.0. The van der Waals surface area contributed by atoms with Gasteiger partial charge in [-0.05, 0) is 72.6 Å². The number of urea groups is 1. The first-order valence-electron chi connectivity index (χ1n) is 19.9. The molecule has 7 N–H and O–H groups in total. The molecular weight excluding hydrogens is 893 g/mol. The number of benzene rings is 3. The molecule has 0 aliphatic carbocycles. The lowest BCUT2D eigenvalue weighted by molar-refractivity contribution is -0.143. The summed E-state index contributed by atoms with van der Waals surface area (Å²) in [5.74, 6) is -3.25. The smallest absolute Gasteiger partial charge is 0.417 e. The van der Waals surface area contributed by atoms with Crippen LogP contribution in [0.25, 0.3) is 0 Å². The van der Waals surface area contributed by atoms with Gasteiger partial charge in [0, 0.05) is 61.8 Å². The topological polar surface area (TPSA) is 249 Å². The largest absolute Gasteiger partial charge is 0.461 e. The number of nitrogens with two attached hydrogens (primary N) is 1. The fraction of sp³-hybridized carbons (Fsp3) is 0.273. The molecule has 18 nitrogen and oxygen atoms in total. The highest BCUT2D eigenvalue weighted by Crippen LogP contribution is 2.36. The van der Waals surface area contributed by atoms with Crippen LogP contribution in [-0.4, -0.2) is 84.4 Å². The normalized spacial score (nSPS) is 11.7. The van der Waals surface area contributed by atoms with E-state index in [-0.39, 0.29) is 56.3 Å². The average molecular weight is 939 g/mol. The van der Waals surface area contributed by atoms with E-state index in [4.69, 9.17) is 31.5 Å². The van der Waals surface area contributed by atoms with Crippen molar-refractivity contribution in [1.29, 1.82) is 0 Å². The Morgan fingerprint density at radius 3 is 2.18 bits per heavy atom.